The second-order valence-electron chi connectivity index (χ2n) is 8.41. The van der Waals surface area contributed by atoms with Gasteiger partial charge in [-0.05, 0) is 60.7 Å². The van der Waals surface area contributed by atoms with Crippen LogP contribution < -0.4 is 10.2 Å². The third-order valence-electron chi connectivity index (χ3n) is 6.03. The Morgan fingerprint density at radius 1 is 1.00 bits per heavy atom. The predicted octanol–water partition coefficient (Wildman–Crippen LogP) is 5.02. The molecule has 0 aliphatic carbocycles. The van der Waals surface area contributed by atoms with Crippen LogP contribution >= 0.6 is 0 Å². The molecule has 3 aromatic rings. The van der Waals surface area contributed by atoms with Crippen molar-refractivity contribution in [2.45, 2.75) is 39.7 Å². The molecule has 0 spiro atoms. The molecule has 0 radical (unpaired) electrons. The lowest BCUT2D eigenvalue weighted by atomic mass is 9.98. The highest BCUT2D eigenvalue weighted by atomic mass is 16.2. The number of nitrogens with one attached hydrogen (secondary N) is 1. The van der Waals surface area contributed by atoms with Gasteiger partial charge in [-0.1, -0.05) is 55.8 Å². The second kappa shape index (κ2) is 9.28. The summed E-state index contributed by atoms with van der Waals surface area (Å²) in [4.78, 5) is 39.3. The highest BCUT2D eigenvalue weighted by molar-refractivity contribution is 6.39. The molecule has 1 saturated heterocycles. The number of rotatable bonds is 6. The molecule has 4 rings (SSSR count). The molecular formula is C27H27N3O3. The van der Waals surface area contributed by atoms with Crippen molar-refractivity contribution in [2.24, 2.45) is 0 Å². The molecule has 0 bridgehead atoms. The van der Waals surface area contributed by atoms with Crippen molar-refractivity contribution in [2.75, 3.05) is 4.90 Å². The molecule has 4 amide bonds. The molecule has 1 unspecified atom stereocenters. The molecule has 1 aromatic heterocycles. The molecule has 6 heteroatoms. The first-order chi connectivity index (χ1) is 15.9. The Bertz CT molecular complexity index is 1240. The van der Waals surface area contributed by atoms with E-state index in [0.717, 1.165) is 28.0 Å². The van der Waals surface area contributed by atoms with Gasteiger partial charge in [-0.3, -0.25) is 14.9 Å². The van der Waals surface area contributed by atoms with E-state index in [1.807, 2.05) is 60.2 Å². The largest absolute Gasteiger partial charge is 0.344 e. The SMILES string of the molecule is CCC(C)c1ccc(N2C(=O)NC(=O)C(=Cc3cccn3Cc3cccc(C)c3)C2=O)cc1. The molecule has 6 nitrogen and oxygen atoms in total. The first-order valence-electron chi connectivity index (χ1n) is 11.1. The first-order valence-corrected chi connectivity index (χ1v) is 11.1. The number of hydrogen-bond acceptors (Lipinski definition) is 3. The van der Waals surface area contributed by atoms with Gasteiger partial charge in [0, 0.05) is 18.4 Å². The molecule has 1 aliphatic rings. The average Bonchev–Trinajstić information content (AvgIpc) is 3.23. The quantitative estimate of drug-likeness (QED) is 0.431. The van der Waals surface area contributed by atoms with Gasteiger partial charge in [-0.25, -0.2) is 9.69 Å². The number of amides is 4. The third-order valence-corrected chi connectivity index (χ3v) is 6.03. The van der Waals surface area contributed by atoms with Crippen molar-refractivity contribution in [1.82, 2.24) is 9.88 Å². The molecule has 2 aromatic carbocycles. The molecule has 33 heavy (non-hydrogen) atoms. The van der Waals surface area contributed by atoms with Crippen molar-refractivity contribution in [3.63, 3.8) is 0 Å². The summed E-state index contributed by atoms with van der Waals surface area (Å²) in [6.07, 6.45) is 4.43. The van der Waals surface area contributed by atoms with Crippen LogP contribution in [0.1, 0.15) is 48.6 Å². The van der Waals surface area contributed by atoms with Crippen molar-refractivity contribution in [3.8, 4) is 0 Å². The minimum atomic E-state index is -0.742. The fraction of sp³-hybridized carbons (Fsp3) is 0.222. The van der Waals surface area contributed by atoms with E-state index in [1.165, 1.54) is 0 Å². The van der Waals surface area contributed by atoms with E-state index in [0.29, 0.717) is 23.8 Å². The van der Waals surface area contributed by atoms with E-state index in [9.17, 15) is 14.4 Å². The monoisotopic (exact) mass is 441 g/mol. The Hall–Kier alpha value is -3.93. The summed E-state index contributed by atoms with van der Waals surface area (Å²) in [7, 11) is 0. The van der Waals surface area contributed by atoms with E-state index in [-0.39, 0.29) is 5.57 Å². The Balaban J connectivity index is 1.63. The van der Waals surface area contributed by atoms with E-state index in [1.54, 1.807) is 18.2 Å². The Morgan fingerprint density at radius 2 is 1.76 bits per heavy atom. The highest BCUT2D eigenvalue weighted by Crippen LogP contribution is 2.26. The number of hydrogen-bond donors (Lipinski definition) is 1. The number of imide groups is 2. The number of barbiturate groups is 1. The number of benzene rings is 2. The molecular weight excluding hydrogens is 414 g/mol. The van der Waals surface area contributed by atoms with Crippen molar-refractivity contribution in [3.05, 3.63) is 94.8 Å². The normalized spacial score (nSPS) is 16.3. The summed E-state index contributed by atoms with van der Waals surface area (Å²) in [5.41, 5.74) is 4.46. The standard InChI is InChI=1S/C27H27N3O3/c1-4-19(3)21-10-12-22(13-11-21)30-26(32)24(25(31)28-27(30)33)16-23-9-6-14-29(23)17-20-8-5-7-18(2)15-20/h5-16,19H,4,17H2,1-3H3,(H,28,31,33). The Kier molecular flexibility index (Phi) is 6.27. The lowest BCUT2D eigenvalue weighted by Crippen LogP contribution is -2.54. The molecule has 1 fully saturated rings. The van der Waals surface area contributed by atoms with Crippen LogP contribution in [0.4, 0.5) is 10.5 Å². The zero-order chi connectivity index (χ0) is 23.5. The van der Waals surface area contributed by atoms with E-state index in [4.69, 9.17) is 0 Å². The van der Waals surface area contributed by atoms with Crippen LogP contribution in [0.2, 0.25) is 0 Å². The maximum Gasteiger partial charge on any atom is 0.335 e. The van der Waals surface area contributed by atoms with Crippen LogP contribution in [0.3, 0.4) is 0 Å². The van der Waals surface area contributed by atoms with Crippen molar-refractivity contribution >= 4 is 29.6 Å². The number of urea groups is 1. The van der Waals surface area contributed by atoms with Crippen LogP contribution in [-0.4, -0.2) is 22.4 Å². The topological polar surface area (TPSA) is 71.4 Å². The zero-order valence-corrected chi connectivity index (χ0v) is 19.0. The van der Waals surface area contributed by atoms with Crippen LogP contribution in [0, 0.1) is 6.92 Å². The number of anilines is 1. The smallest absolute Gasteiger partial charge is 0.335 e. The average molecular weight is 442 g/mol. The number of carbonyl (C=O) groups excluding carboxylic acids is 3. The predicted molar refractivity (Wildman–Crippen MR) is 129 cm³/mol. The van der Waals surface area contributed by atoms with E-state index < -0.39 is 17.8 Å². The van der Waals surface area contributed by atoms with Crippen LogP contribution in [0.15, 0.2) is 72.4 Å². The fourth-order valence-electron chi connectivity index (χ4n) is 3.94. The van der Waals surface area contributed by atoms with Gasteiger partial charge in [0.15, 0.2) is 0 Å². The van der Waals surface area contributed by atoms with Gasteiger partial charge in [-0.2, -0.15) is 0 Å². The minimum absolute atomic E-state index is 0.0789. The van der Waals surface area contributed by atoms with Crippen molar-refractivity contribution < 1.29 is 14.4 Å². The highest BCUT2D eigenvalue weighted by Gasteiger charge is 2.37. The first kappa shape index (κ1) is 22.3. The Morgan fingerprint density at radius 3 is 2.45 bits per heavy atom. The number of carbonyl (C=O) groups is 3. The van der Waals surface area contributed by atoms with Gasteiger partial charge in [0.1, 0.15) is 5.57 Å². The number of aromatic nitrogens is 1. The summed E-state index contributed by atoms with van der Waals surface area (Å²) in [6.45, 7) is 6.87. The maximum atomic E-state index is 13.2. The lowest BCUT2D eigenvalue weighted by Gasteiger charge is -2.26. The fourth-order valence-corrected chi connectivity index (χ4v) is 3.94. The number of nitrogens with zero attached hydrogens (tertiary/aromatic N) is 2. The van der Waals surface area contributed by atoms with Crippen molar-refractivity contribution in [1.29, 1.82) is 0 Å². The number of aryl methyl sites for hydroxylation is 1. The summed E-state index contributed by atoms with van der Waals surface area (Å²) in [5, 5.41) is 2.30. The third kappa shape index (κ3) is 4.65. The zero-order valence-electron chi connectivity index (χ0n) is 19.0. The summed E-state index contributed by atoms with van der Waals surface area (Å²) < 4.78 is 1.96. The summed E-state index contributed by atoms with van der Waals surface area (Å²) in [6, 6.07) is 18.4. The second-order valence-corrected chi connectivity index (χ2v) is 8.41. The Labute approximate surface area is 193 Å². The van der Waals surface area contributed by atoms with Crippen LogP contribution in [-0.2, 0) is 16.1 Å². The lowest BCUT2D eigenvalue weighted by molar-refractivity contribution is -0.122. The summed E-state index contributed by atoms with van der Waals surface area (Å²) >= 11 is 0. The molecule has 1 aliphatic heterocycles. The van der Waals surface area contributed by atoms with Gasteiger partial charge in [0.2, 0.25) is 0 Å². The molecule has 2 heterocycles. The molecule has 0 saturated carbocycles. The van der Waals surface area contributed by atoms with Crippen LogP contribution in [0.25, 0.3) is 6.08 Å². The molecule has 168 valence electrons. The minimum Gasteiger partial charge on any atom is -0.344 e. The maximum absolute atomic E-state index is 13.2. The van der Waals surface area contributed by atoms with Gasteiger partial charge < -0.3 is 4.57 Å². The van der Waals surface area contributed by atoms with E-state index in [2.05, 4.69) is 25.2 Å². The van der Waals surface area contributed by atoms with Gasteiger partial charge in [-0.15, -0.1) is 0 Å². The van der Waals surface area contributed by atoms with Gasteiger partial charge >= 0.3 is 6.03 Å². The van der Waals surface area contributed by atoms with Gasteiger partial charge in [0.05, 0.1) is 5.69 Å². The molecule has 1 N–H and O–H groups in total. The van der Waals surface area contributed by atoms with E-state index >= 15 is 0 Å². The van der Waals surface area contributed by atoms with Crippen LogP contribution in [0.5, 0.6) is 0 Å². The van der Waals surface area contributed by atoms with Gasteiger partial charge in [0.25, 0.3) is 11.8 Å². The molecule has 1 atom stereocenters. The summed E-state index contributed by atoms with van der Waals surface area (Å²) in [5.74, 6) is -0.952.